The van der Waals surface area contributed by atoms with Gasteiger partial charge < -0.3 is 9.72 Å². The summed E-state index contributed by atoms with van der Waals surface area (Å²) in [6, 6.07) is 1.44. The zero-order valence-electron chi connectivity index (χ0n) is 10.6. The first-order valence-corrected chi connectivity index (χ1v) is 6.37. The van der Waals surface area contributed by atoms with E-state index in [9.17, 15) is 19.2 Å². The Kier molecular flexibility index (Phi) is 3.66. The summed E-state index contributed by atoms with van der Waals surface area (Å²) < 4.78 is 5.34. The van der Waals surface area contributed by atoms with E-state index in [1.807, 2.05) is 0 Å². The van der Waals surface area contributed by atoms with Crippen molar-refractivity contribution in [2.75, 3.05) is 7.11 Å². The van der Waals surface area contributed by atoms with Gasteiger partial charge in [0.2, 0.25) is 0 Å². The van der Waals surface area contributed by atoms with Gasteiger partial charge in [0.15, 0.2) is 5.78 Å². The van der Waals surface area contributed by atoms with Crippen molar-refractivity contribution in [3.8, 4) is 5.69 Å². The summed E-state index contributed by atoms with van der Waals surface area (Å²) in [7, 11) is 1.20. The number of aromatic nitrogens is 2. The fourth-order valence-corrected chi connectivity index (χ4v) is 2.46. The van der Waals surface area contributed by atoms with E-state index in [0.717, 1.165) is 22.1 Å². The zero-order chi connectivity index (χ0) is 14.9. The van der Waals surface area contributed by atoms with Gasteiger partial charge in [-0.05, 0) is 18.4 Å². The number of carbonyl (C=O) groups excluding carboxylic acids is 2. The van der Waals surface area contributed by atoms with E-state index < -0.39 is 23.0 Å². The Labute approximate surface area is 116 Å². The number of carbonyl (C=O) groups is 2. The van der Waals surface area contributed by atoms with Crippen LogP contribution in [-0.4, -0.2) is 28.4 Å². The highest BCUT2D eigenvalue weighted by Crippen LogP contribution is 2.19. The first kappa shape index (κ1) is 13.9. The van der Waals surface area contributed by atoms with Gasteiger partial charge >= 0.3 is 11.7 Å². The maximum atomic E-state index is 12.2. The third-order valence-corrected chi connectivity index (χ3v) is 3.50. The summed E-state index contributed by atoms with van der Waals surface area (Å²) >= 11 is 1.04. The molecule has 2 heterocycles. The number of hydrogen-bond acceptors (Lipinski definition) is 6. The Morgan fingerprint density at radius 3 is 2.65 bits per heavy atom. The van der Waals surface area contributed by atoms with Crippen molar-refractivity contribution >= 4 is 23.1 Å². The number of ketones is 1. The number of methoxy groups -OCH3 is 1. The Balaban J connectivity index is 2.77. The molecular weight excluding hydrogens is 284 g/mol. The van der Waals surface area contributed by atoms with Gasteiger partial charge in [0.25, 0.3) is 5.56 Å². The lowest BCUT2D eigenvalue weighted by Crippen LogP contribution is -2.36. The highest BCUT2D eigenvalue weighted by molar-refractivity contribution is 7.12. The lowest BCUT2D eigenvalue weighted by molar-refractivity contribution is 0.0606. The molecule has 0 amide bonds. The average molecular weight is 294 g/mol. The number of H-pyrrole nitrogens is 1. The van der Waals surface area contributed by atoms with Crippen LogP contribution in [0.1, 0.15) is 27.0 Å². The van der Waals surface area contributed by atoms with Crippen molar-refractivity contribution in [2.24, 2.45) is 0 Å². The van der Waals surface area contributed by atoms with E-state index in [0.29, 0.717) is 0 Å². The number of thiophene rings is 1. The monoisotopic (exact) mass is 294 g/mol. The van der Waals surface area contributed by atoms with Crippen LogP contribution in [0.4, 0.5) is 0 Å². The summed E-state index contributed by atoms with van der Waals surface area (Å²) in [6.07, 6.45) is 1.06. The third kappa shape index (κ3) is 2.21. The van der Waals surface area contributed by atoms with E-state index in [1.54, 1.807) is 5.38 Å². The Morgan fingerprint density at radius 2 is 2.05 bits per heavy atom. The number of Topliss-reactive ketones (excluding diaryl/α,β-unsaturated/α-hetero) is 1. The molecule has 0 atom stereocenters. The minimum atomic E-state index is -0.773. The van der Waals surface area contributed by atoms with Crippen LogP contribution in [0.5, 0.6) is 0 Å². The molecule has 8 heteroatoms. The topological polar surface area (TPSA) is 98.2 Å². The second kappa shape index (κ2) is 5.25. The van der Waals surface area contributed by atoms with Crippen LogP contribution in [-0.2, 0) is 4.74 Å². The first-order chi connectivity index (χ1) is 9.47. The van der Waals surface area contributed by atoms with Gasteiger partial charge in [-0.2, -0.15) is 0 Å². The van der Waals surface area contributed by atoms with Gasteiger partial charge in [0.1, 0.15) is 4.88 Å². The second-order valence-electron chi connectivity index (χ2n) is 3.83. The highest BCUT2D eigenvalue weighted by Gasteiger charge is 2.20. The van der Waals surface area contributed by atoms with Gasteiger partial charge in [0.05, 0.1) is 18.4 Å². The third-order valence-electron chi connectivity index (χ3n) is 2.61. The molecule has 104 valence electrons. The van der Waals surface area contributed by atoms with Gasteiger partial charge in [-0.25, -0.2) is 14.2 Å². The molecule has 0 bridgehead atoms. The number of rotatable bonds is 3. The van der Waals surface area contributed by atoms with Crippen molar-refractivity contribution in [2.45, 2.75) is 6.92 Å². The lowest BCUT2D eigenvalue weighted by Gasteiger charge is -2.05. The van der Waals surface area contributed by atoms with Crippen LogP contribution in [0.25, 0.3) is 5.69 Å². The molecule has 1 N–H and O–H groups in total. The molecule has 0 fully saturated rings. The molecule has 0 radical (unpaired) electrons. The second-order valence-corrected chi connectivity index (χ2v) is 4.75. The van der Waals surface area contributed by atoms with Crippen LogP contribution in [0, 0.1) is 0 Å². The summed E-state index contributed by atoms with van der Waals surface area (Å²) in [5.74, 6) is -1.13. The highest BCUT2D eigenvalue weighted by atomic mass is 32.1. The molecule has 2 rings (SSSR count). The van der Waals surface area contributed by atoms with E-state index in [1.165, 1.54) is 20.1 Å². The van der Waals surface area contributed by atoms with Crippen molar-refractivity contribution in [1.29, 1.82) is 0 Å². The molecule has 0 spiro atoms. The lowest BCUT2D eigenvalue weighted by atomic mass is 10.2. The minimum Gasteiger partial charge on any atom is -0.465 e. The Bertz CT molecular complexity index is 799. The number of nitrogens with one attached hydrogen (secondary N) is 1. The van der Waals surface area contributed by atoms with Crippen LogP contribution < -0.4 is 11.2 Å². The number of aromatic amines is 1. The maximum Gasteiger partial charge on any atom is 0.350 e. The van der Waals surface area contributed by atoms with E-state index in [4.69, 9.17) is 0 Å². The molecule has 2 aromatic rings. The smallest absolute Gasteiger partial charge is 0.350 e. The predicted molar refractivity (Wildman–Crippen MR) is 71.9 cm³/mol. The van der Waals surface area contributed by atoms with Gasteiger partial charge in [0, 0.05) is 6.20 Å². The minimum absolute atomic E-state index is 0.0937. The number of nitrogens with zero attached hydrogens (tertiary/aromatic N) is 1. The predicted octanol–water partition coefficient (Wildman–Crippen LogP) is 0.577. The van der Waals surface area contributed by atoms with E-state index >= 15 is 0 Å². The average Bonchev–Trinajstić information content (AvgIpc) is 2.86. The van der Waals surface area contributed by atoms with Crippen LogP contribution in [0.3, 0.4) is 0 Å². The fraction of sp³-hybridized carbons (Fsp3) is 0.167. The van der Waals surface area contributed by atoms with Crippen LogP contribution in [0.2, 0.25) is 0 Å². The first-order valence-electron chi connectivity index (χ1n) is 5.49. The van der Waals surface area contributed by atoms with Crippen LogP contribution in [0.15, 0.2) is 27.2 Å². The maximum absolute atomic E-state index is 12.2. The van der Waals surface area contributed by atoms with Crippen molar-refractivity contribution in [3.05, 3.63) is 48.9 Å². The standard InChI is InChI=1S/C12H10N2O5S/c1-6(15)7-5-13-12(18)14(10(7)16)8-3-4-20-9(8)11(17)19-2/h3-5H,1-2H3,(H,13,18). The van der Waals surface area contributed by atoms with Crippen LogP contribution >= 0.6 is 11.3 Å². The molecule has 0 aromatic carbocycles. The summed E-state index contributed by atoms with van der Waals surface area (Å²) in [5.41, 5.74) is -1.57. The molecule has 0 unspecified atom stereocenters. The molecule has 0 saturated carbocycles. The van der Waals surface area contributed by atoms with Gasteiger partial charge in [-0.1, -0.05) is 0 Å². The molecule has 2 aromatic heterocycles. The van der Waals surface area contributed by atoms with Crippen molar-refractivity contribution in [3.63, 3.8) is 0 Å². The largest absolute Gasteiger partial charge is 0.465 e. The summed E-state index contributed by atoms with van der Waals surface area (Å²) in [5, 5.41) is 1.55. The molecule has 20 heavy (non-hydrogen) atoms. The number of esters is 1. The summed E-state index contributed by atoms with van der Waals surface area (Å²) in [4.78, 5) is 49.4. The number of hydrogen-bond donors (Lipinski definition) is 1. The normalized spacial score (nSPS) is 10.3. The zero-order valence-corrected chi connectivity index (χ0v) is 11.4. The molecular formula is C12H10N2O5S. The molecule has 0 aliphatic rings. The number of ether oxygens (including phenoxy) is 1. The fourth-order valence-electron chi connectivity index (χ4n) is 1.67. The van der Waals surface area contributed by atoms with E-state index in [-0.39, 0.29) is 16.1 Å². The quantitative estimate of drug-likeness (QED) is 0.659. The molecule has 7 nitrogen and oxygen atoms in total. The SMILES string of the molecule is COC(=O)c1sccc1-n1c(=O)[nH]cc(C(C)=O)c1=O. The van der Waals surface area contributed by atoms with Gasteiger partial charge in [-0.15, -0.1) is 11.3 Å². The van der Waals surface area contributed by atoms with Crippen molar-refractivity contribution < 1.29 is 14.3 Å². The van der Waals surface area contributed by atoms with E-state index in [2.05, 4.69) is 9.72 Å². The Morgan fingerprint density at radius 1 is 1.35 bits per heavy atom. The summed E-state index contributed by atoms with van der Waals surface area (Å²) in [6.45, 7) is 1.22. The molecule has 0 aliphatic heterocycles. The van der Waals surface area contributed by atoms with Crippen molar-refractivity contribution in [1.82, 2.24) is 9.55 Å². The molecule has 0 saturated heterocycles. The Hall–Kier alpha value is -2.48. The molecule has 0 aliphatic carbocycles. The van der Waals surface area contributed by atoms with Gasteiger partial charge in [-0.3, -0.25) is 9.59 Å².